The van der Waals surface area contributed by atoms with Gasteiger partial charge in [-0.1, -0.05) is 54.2 Å². The van der Waals surface area contributed by atoms with Gasteiger partial charge >= 0.3 is 0 Å². The Labute approximate surface area is 233 Å². The smallest absolute Gasteiger partial charge is 0.246 e. The summed E-state index contributed by atoms with van der Waals surface area (Å²) >= 11 is 1.41. The van der Waals surface area contributed by atoms with Gasteiger partial charge in [-0.3, -0.25) is 24.0 Å². The van der Waals surface area contributed by atoms with Gasteiger partial charge in [0.25, 0.3) is 0 Å². The van der Waals surface area contributed by atoms with Crippen LogP contribution in [0.4, 0.5) is 25.3 Å². The fourth-order valence-corrected chi connectivity index (χ4v) is 4.87. The van der Waals surface area contributed by atoms with E-state index in [0.29, 0.717) is 22.6 Å². The Morgan fingerprint density at radius 3 is 2.42 bits per heavy atom. The second-order valence-electron chi connectivity index (χ2n) is 8.85. The van der Waals surface area contributed by atoms with E-state index in [-0.39, 0.29) is 26.3 Å². The highest BCUT2D eigenvalue weighted by atomic mass is 32.2. The lowest BCUT2D eigenvalue weighted by Gasteiger charge is -2.19. The Kier molecular flexibility index (Phi) is 10.2. The van der Waals surface area contributed by atoms with E-state index in [9.17, 15) is 9.32 Å². The molecule has 40 heavy (non-hydrogen) atoms. The number of anilines is 1. The number of rotatable bonds is 8. The monoisotopic (exact) mass is 568 g/mol. The molecule has 2 fully saturated rings. The summed E-state index contributed by atoms with van der Waals surface area (Å²) in [4.78, 5) is 26.6. The molecule has 8 nitrogen and oxygen atoms in total. The molecule has 0 radical (unpaired) electrons. The average molecular weight is 569 g/mol. The highest BCUT2D eigenvalue weighted by Gasteiger charge is 2.39. The second-order valence-corrected chi connectivity index (χ2v) is 10.2. The molecule has 1 heterocycles. The van der Waals surface area contributed by atoms with E-state index >= 15 is 0 Å². The summed E-state index contributed by atoms with van der Waals surface area (Å²) in [5.41, 5.74) is 10.3. The Hall–Kier alpha value is -4.45. The van der Waals surface area contributed by atoms with Gasteiger partial charge < -0.3 is 5.73 Å². The number of nitrogens with zero attached hydrogens (tertiary/aromatic N) is 5. The van der Waals surface area contributed by atoms with Crippen molar-refractivity contribution in [2.75, 3.05) is 4.90 Å². The first-order valence-corrected chi connectivity index (χ1v) is 13.0. The molecule has 1 amide bonds. The third-order valence-corrected chi connectivity index (χ3v) is 7.15. The van der Waals surface area contributed by atoms with Crippen molar-refractivity contribution in [3.05, 3.63) is 89.5 Å². The number of amides is 1. The second kappa shape index (κ2) is 13.6. The fraction of sp³-hybridized carbons (Fsp3) is 0.179. The van der Waals surface area contributed by atoms with Crippen molar-refractivity contribution in [2.45, 2.75) is 30.9 Å². The predicted molar refractivity (Wildman–Crippen MR) is 156 cm³/mol. The molecule has 0 spiro atoms. The SMILES string of the molecule is CC1S/C(=N\N=C\c2ccc(C(N)=NC=Nc3ccc(OF)cc3)cc2)N(c2ccccc2C2CC2)C1=O.F.F. The normalized spacial score (nSPS) is 18.3. The van der Waals surface area contributed by atoms with Crippen LogP contribution in [0.3, 0.4) is 0 Å². The summed E-state index contributed by atoms with van der Waals surface area (Å²) in [6.07, 6.45) is 5.27. The van der Waals surface area contributed by atoms with Gasteiger partial charge in [0.05, 0.1) is 22.8 Å². The Morgan fingerprint density at radius 2 is 1.75 bits per heavy atom. The number of halogens is 3. The van der Waals surface area contributed by atoms with Crippen LogP contribution in [0.5, 0.6) is 5.75 Å². The van der Waals surface area contributed by atoms with Gasteiger partial charge in [-0.25, -0.2) is 9.98 Å². The first-order chi connectivity index (χ1) is 18.5. The van der Waals surface area contributed by atoms with Crippen molar-refractivity contribution in [1.82, 2.24) is 0 Å². The number of nitrogens with two attached hydrogens (primary N) is 1. The molecule has 1 saturated carbocycles. The molecule has 0 bridgehead atoms. The third kappa shape index (κ3) is 6.94. The lowest BCUT2D eigenvalue weighted by molar-refractivity contribution is -0.116. The molecule has 1 aliphatic carbocycles. The molecular weight excluding hydrogens is 541 g/mol. The van der Waals surface area contributed by atoms with Crippen molar-refractivity contribution in [1.29, 1.82) is 0 Å². The van der Waals surface area contributed by atoms with Gasteiger partial charge in [-0.15, -0.1) is 5.10 Å². The quantitative estimate of drug-likeness (QED) is 0.203. The maximum atomic E-state index is 12.9. The highest BCUT2D eigenvalue weighted by Crippen LogP contribution is 2.46. The van der Waals surface area contributed by atoms with Crippen molar-refractivity contribution in [3.63, 3.8) is 0 Å². The summed E-state index contributed by atoms with van der Waals surface area (Å²) < 4.78 is 12.1. The number of para-hydroxylation sites is 1. The molecule has 12 heteroatoms. The summed E-state index contributed by atoms with van der Waals surface area (Å²) in [6.45, 7) is 1.89. The van der Waals surface area contributed by atoms with Crippen molar-refractivity contribution in [2.24, 2.45) is 25.9 Å². The molecule has 3 aromatic rings. The zero-order valence-electron chi connectivity index (χ0n) is 21.4. The average Bonchev–Trinajstić information content (AvgIpc) is 3.75. The molecule has 5 rings (SSSR count). The van der Waals surface area contributed by atoms with Crippen LogP contribution in [0, 0.1) is 0 Å². The van der Waals surface area contributed by atoms with Gasteiger partial charge in [0.2, 0.25) is 5.91 Å². The van der Waals surface area contributed by atoms with E-state index < -0.39 is 0 Å². The molecule has 3 aromatic carbocycles. The van der Waals surface area contributed by atoms with Crippen LogP contribution in [-0.4, -0.2) is 34.7 Å². The highest BCUT2D eigenvalue weighted by molar-refractivity contribution is 8.16. The molecular formula is C28H27F3N6O2S. The number of hydrogen-bond acceptors (Lipinski definition) is 6. The van der Waals surface area contributed by atoms with Crippen LogP contribution < -0.4 is 15.6 Å². The summed E-state index contributed by atoms with van der Waals surface area (Å²) in [6, 6.07) is 21.5. The van der Waals surface area contributed by atoms with Gasteiger partial charge in [0.1, 0.15) is 12.2 Å². The van der Waals surface area contributed by atoms with E-state index in [1.54, 1.807) is 23.2 Å². The zero-order chi connectivity index (χ0) is 26.5. The van der Waals surface area contributed by atoms with Gasteiger partial charge in [0, 0.05) is 10.1 Å². The van der Waals surface area contributed by atoms with Crippen molar-refractivity contribution >= 4 is 52.6 Å². The number of carbonyl (C=O) groups excluding carboxylic acids is 1. The number of carbonyl (C=O) groups is 1. The van der Waals surface area contributed by atoms with Crippen LogP contribution in [0.15, 0.2) is 93.0 Å². The minimum Gasteiger partial charge on any atom is -0.383 e. The van der Waals surface area contributed by atoms with Crippen LogP contribution in [0.25, 0.3) is 0 Å². The van der Waals surface area contributed by atoms with E-state index in [1.165, 1.54) is 35.8 Å². The largest absolute Gasteiger partial charge is 0.383 e. The van der Waals surface area contributed by atoms with E-state index in [1.807, 2.05) is 49.4 Å². The minimum absolute atomic E-state index is 0. The standard InChI is InChI=1S/C28H25FN6O2S.2FH/c1-18-27(36)35(25-5-3-2-4-24(25)20-10-11-20)28(38-18)34-33-16-19-6-8-21(9-7-19)26(30)32-17-31-22-12-14-23(37-29)15-13-22;;/h2-9,12-18,20H,10-11H2,1H3,(H2,30,31,32);2*1H/b33-16+,34-28-;;. The van der Waals surface area contributed by atoms with Crippen LogP contribution in [0.2, 0.25) is 0 Å². The molecule has 1 unspecified atom stereocenters. The van der Waals surface area contributed by atoms with Crippen LogP contribution >= 0.6 is 11.8 Å². The molecule has 1 saturated heterocycles. The van der Waals surface area contributed by atoms with E-state index in [0.717, 1.165) is 29.7 Å². The fourth-order valence-electron chi connectivity index (χ4n) is 3.96. The number of thioether (sulfide) groups is 1. The Balaban J connectivity index is 0.00000220. The van der Waals surface area contributed by atoms with Gasteiger partial charge in [-0.2, -0.15) is 5.10 Å². The Morgan fingerprint density at radius 1 is 1.05 bits per heavy atom. The molecule has 2 aliphatic rings. The lowest BCUT2D eigenvalue weighted by atomic mass is 10.1. The Bertz CT molecular complexity index is 1440. The molecule has 208 valence electrons. The number of amidine groups is 2. The molecule has 2 N–H and O–H groups in total. The third-order valence-electron chi connectivity index (χ3n) is 6.12. The van der Waals surface area contributed by atoms with Gasteiger partial charge in [-0.05, 0) is 67.1 Å². The van der Waals surface area contributed by atoms with Crippen LogP contribution in [0.1, 0.15) is 42.4 Å². The number of aliphatic imine (C=N–C) groups is 2. The first kappa shape index (κ1) is 30.1. The summed E-state index contributed by atoms with van der Waals surface area (Å²) in [7, 11) is 0. The van der Waals surface area contributed by atoms with Crippen LogP contribution in [-0.2, 0) is 4.79 Å². The molecule has 1 aliphatic heterocycles. The number of benzene rings is 3. The van der Waals surface area contributed by atoms with Gasteiger partial charge in [0.15, 0.2) is 10.9 Å². The molecule has 0 aromatic heterocycles. The summed E-state index contributed by atoms with van der Waals surface area (Å²) in [5.74, 6) is 0.921. The maximum absolute atomic E-state index is 12.9. The maximum Gasteiger partial charge on any atom is 0.246 e. The number of hydrogen-bond donors (Lipinski definition) is 1. The topological polar surface area (TPSA) is 105 Å². The van der Waals surface area contributed by atoms with E-state index in [2.05, 4.69) is 31.2 Å². The van der Waals surface area contributed by atoms with E-state index in [4.69, 9.17) is 5.73 Å². The van der Waals surface area contributed by atoms with Crippen molar-refractivity contribution < 1.29 is 23.7 Å². The summed E-state index contributed by atoms with van der Waals surface area (Å²) in [5, 5.41) is 9.01. The lowest BCUT2D eigenvalue weighted by Crippen LogP contribution is -2.32. The van der Waals surface area contributed by atoms with Crippen molar-refractivity contribution in [3.8, 4) is 5.75 Å². The minimum atomic E-state index is -0.218. The first-order valence-electron chi connectivity index (χ1n) is 12.1. The predicted octanol–water partition coefficient (Wildman–Crippen LogP) is 6.06. The zero-order valence-corrected chi connectivity index (χ0v) is 22.2. The molecule has 1 atom stereocenters.